The number of hydrogen-bond donors (Lipinski definition) is 7. The maximum atomic E-state index is 13.6. The number of carbonyl (C=O) groups is 1. The van der Waals surface area contributed by atoms with E-state index in [1.54, 1.807) is 0 Å². The highest BCUT2D eigenvalue weighted by Crippen LogP contribution is 2.66. The Bertz CT molecular complexity index is 1520. The predicted octanol–water partition coefficient (Wildman–Crippen LogP) is 1.31. The van der Waals surface area contributed by atoms with Gasteiger partial charge in [0, 0.05) is 0 Å². The van der Waals surface area contributed by atoms with E-state index in [0.29, 0.717) is 11.8 Å². The zero-order valence-electron chi connectivity index (χ0n) is 23.2. The SMILES string of the molecule is CC12CC3C[C@@H](C1)CC(C(N)C(=O)Nc1nc(Cl)nc4c1ncn4[C@@H]1O[C@H](COP(=O)(O)CP(=O)(O)O)C(O)[C@@H]1O)(C3)C2. The van der Waals surface area contributed by atoms with Gasteiger partial charge in [-0.15, -0.1) is 0 Å². The van der Waals surface area contributed by atoms with Crippen LogP contribution in [0.5, 0.6) is 0 Å². The first-order valence-corrected chi connectivity index (χ1v) is 17.9. The number of halogens is 1. The number of fused-ring (bicyclic) bond motifs is 1. The predicted molar refractivity (Wildman–Crippen MR) is 151 cm³/mol. The monoisotopic (exact) mass is 664 g/mol. The second-order valence-corrected chi connectivity index (χ2v) is 17.4. The third kappa shape index (κ3) is 6.05. The first-order chi connectivity index (χ1) is 20.0. The fraction of sp³-hybridized carbons (Fsp3) is 0.750. The van der Waals surface area contributed by atoms with Crippen LogP contribution in [0.25, 0.3) is 11.2 Å². The van der Waals surface area contributed by atoms with Crippen molar-refractivity contribution in [1.29, 1.82) is 0 Å². The summed E-state index contributed by atoms with van der Waals surface area (Å²) in [4.78, 5) is 53.8. The highest BCUT2D eigenvalue weighted by molar-refractivity contribution is 7.70. The lowest BCUT2D eigenvalue weighted by Gasteiger charge is -2.62. The van der Waals surface area contributed by atoms with Gasteiger partial charge < -0.3 is 45.2 Å². The lowest BCUT2D eigenvalue weighted by molar-refractivity contribution is -0.137. The standard InChI is InChI=1S/C24H35ClN6O10P2/c1-23-3-11-2-12(4-23)6-24(5-11,8-23)17(26)20(34)28-18-14-19(30-22(25)29-18)31(9-27-14)21-16(33)15(32)13(41-21)7-40-43(38,39)10-42(35,36)37/h9,11-13,15-17,21,32-33H,2-8,10,26H2,1H3,(H,38,39)(H2,35,36,37)(H,28,29,30,34)/t11-,12?,13+,15?,16-,17?,21+,23?,24?/m0/s1. The van der Waals surface area contributed by atoms with Gasteiger partial charge in [0.15, 0.2) is 29.1 Å². The van der Waals surface area contributed by atoms with E-state index in [9.17, 15) is 29.0 Å². The zero-order valence-corrected chi connectivity index (χ0v) is 25.7. The van der Waals surface area contributed by atoms with Gasteiger partial charge in [0.1, 0.15) is 18.3 Å². The number of aliphatic hydroxyl groups is 2. The molecule has 4 bridgehead atoms. The number of amides is 1. The van der Waals surface area contributed by atoms with Crippen LogP contribution in [-0.2, 0) is 23.2 Å². The highest BCUT2D eigenvalue weighted by Gasteiger charge is 2.59. The van der Waals surface area contributed by atoms with E-state index in [4.69, 9.17) is 36.4 Å². The van der Waals surface area contributed by atoms with Crippen LogP contribution >= 0.6 is 26.8 Å². The summed E-state index contributed by atoms with van der Waals surface area (Å²) < 4.78 is 34.8. The second-order valence-electron chi connectivity index (χ2n) is 13.1. The Kier molecular flexibility index (Phi) is 7.87. The molecule has 1 amide bonds. The number of aromatic nitrogens is 4. The van der Waals surface area contributed by atoms with Gasteiger partial charge in [-0.25, -0.2) is 4.98 Å². The summed E-state index contributed by atoms with van der Waals surface area (Å²) in [5, 5.41) is 23.8. The number of nitrogens with zero attached hydrogens (tertiary/aromatic N) is 4. The van der Waals surface area contributed by atoms with Crippen LogP contribution in [-0.4, -0.2) is 87.2 Å². The summed E-state index contributed by atoms with van der Waals surface area (Å²) in [6, 6.07) is -0.771. The summed E-state index contributed by atoms with van der Waals surface area (Å²) in [6.07, 6.45) is 1.60. The summed E-state index contributed by atoms with van der Waals surface area (Å²) in [6.45, 7) is 1.54. The van der Waals surface area contributed by atoms with Gasteiger partial charge in [-0.2, -0.15) is 9.97 Å². The molecule has 8 N–H and O–H groups in total. The van der Waals surface area contributed by atoms with Crippen LogP contribution < -0.4 is 11.1 Å². The number of hydrogen-bond acceptors (Lipinski definition) is 11. The Hall–Kier alpha value is -1.55. The fourth-order valence-electron chi connectivity index (χ4n) is 8.36. The first kappa shape index (κ1) is 31.4. The molecule has 4 aliphatic carbocycles. The number of carbonyl (C=O) groups excluding carboxylic acids is 1. The van der Waals surface area contributed by atoms with E-state index in [0.717, 1.165) is 19.3 Å². The molecule has 238 valence electrons. The highest BCUT2D eigenvalue weighted by atomic mass is 35.5. The number of rotatable bonds is 9. The summed E-state index contributed by atoms with van der Waals surface area (Å²) in [5.74, 6) is -0.685. The van der Waals surface area contributed by atoms with Gasteiger partial charge in [0.2, 0.25) is 11.2 Å². The van der Waals surface area contributed by atoms with Crippen LogP contribution in [0.1, 0.15) is 51.7 Å². The van der Waals surface area contributed by atoms with E-state index in [1.807, 2.05) is 0 Å². The summed E-state index contributed by atoms with van der Waals surface area (Å²) in [7, 11) is -9.60. The van der Waals surface area contributed by atoms with Crippen molar-refractivity contribution in [2.24, 2.45) is 28.4 Å². The van der Waals surface area contributed by atoms with Gasteiger partial charge in [0.25, 0.3) is 0 Å². The molecule has 1 aliphatic heterocycles. The van der Waals surface area contributed by atoms with Crippen molar-refractivity contribution in [2.45, 2.75) is 76.0 Å². The number of nitrogens with one attached hydrogen (secondary N) is 1. The van der Waals surface area contributed by atoms with Gasteiger partial charge in [0.05, 0.1) is 19.0 Å². The lowest BCUT2D eigenvalue weighted by Crippen LogP contribution is -2.60. The van der Waals surface area contributed by atoms with E-state index >= 15 is 0 Å². The molecule has 4 saturated carbocycles. The Balaban J connectivity index is 1.20. The lowest BCUT2D eigenvalue weighted by atomic mass is 9.43. The maximum absolute atomic E-state index is 13.6. The minimum absolute atomic E-state index is 0.0108. The van der Waals surface area contributed by atoms with Crippen molar-refractivity contribution in [3.8, 4) is 0 Å². The minimum Gasteiger partial charge on any atom is -0.387 e. The van der Waals surface area contributed by atoms with E-state index < -0.39 is 64.2 Å². The molecule has 2 aromatic heterocycles. The van der Waals surface area contributed by atoms with Gasteiger partial charge in [-0.3, -0.25) is 18.5 Å². The maximum Gasteiger partial charge on any atom is 0.340 e. The van der Waals surface area contributed by atoms with E-state index in [2.05, 4.69) is 27.2 Å². The molecule has 6 unspecified atom stereocenters. The molecular formula is C24H35ClN6O10P2. The topological polar surface area (TPSA) is 252 Å². The van der Waals surface area contributed by atoms with E-state index in [1.165, 1.54) is 30.2 Å². The number of ether oxygens (including phenoxy) is 1. The van der Waals surface area contributed by atoms with Crippen molar-refractivity contribution in [2.75, 3.05) is 17.8 Å². The van der Waals surface area contributed by atoms with Gasteiger partial charge in [-0.05, 0) is 72.8 Å². The van der Waals surface area contributed by atoms with Crippen molar-refractivity contribution in [3.05, 3.63) is 11.6 Å². The molecule has 10 atom stereocenters. The number of aliphatic hydroxyl groups excluding tert-OH is 2. The Morgan fingerprint density at radius 3 is 2.51 bits per heavy atom. The molecule has 7 rings (SSSR count). The van der Waals surface area contributed by atoms with Gasteiger partial charge in [-0.1, -0.05) is 6.92 Å². The second kappa shape index (κ2) is 10.8. The fourth-order valence-corrected chi connectivity index (χ4v) is 11.1. The molecule has 1 saturated heterocycles. The first-order valence-electron chi connectivity index (χ1n) is 14.0. The third-order valence-electron chi connectivity index (χ3n) is 9.39. The normalized spacial score (nSPS) is 37.5. The van der Waals surface area contributed by atoms with Crippen molar-refractivity contribution >= 4 is 49.7 Å². The van der Waals surface area contributed by atoms with Crippen LogP contribution in [0.3, 0.4) is 0 Å². The average molecular weight is 665 g/mol. The Labute approximate surface area is 251 Å². The third-order valence-corrected chi connectivity index (χ3v) is 13.0. The smallest absolute Gasteiger partial charge is 0.340 e. The molecule has 0 radical (unpaired) electrons. The summed E-state index contributed by atoms with van der Waals surface area (Å²) >= 11 is 6.20. The average Bonchev–Trinajstić information content (AvgIpc) is 3.40. The minimum atomic E-state index is -4.87. The van der Waals surface area contributed by atoms with Crippen LogP contribution in [0.4, 0.5) is 5.82 Å². The Morgan fingerprint density at radius 2 is 1.88 bits per heavy atom. The quantitative estimate of drug-likeness (QED) is 0.147. The molecular weight excluding hydrogens is 630 g/mol. The molecule has 5 fully saturated rings. The number of anilines is 1. The molecule has 19 heteroatoms. The van der Waals surface area contributed by atoms with Crippen LogP contribution in [0, 0.1) is 22.7 Å². The molecule has 3 heterocycles. The Morgan fingerprint density at radius 1 is 1.21 bits per heavy atom. The van der Waals surface area contributed by atoms with E-state index in [-0.39, 0.29) is 33.1 Å². The summed E-state index contributed by atoms with van der Waals surface area (Å²) in [5.41, 5.74) is 6.73. The molecule has 43 heavy (non-hydrogen) atoms. The molecule has 5 aliphatic rings. The van der Waals surface area contributed by atoms with Crippen molar-refractivity contribution in [1.82, 2.24) is 19.5 Å². The number of nitrogens with two attached hydrogens (primary N) is 1. The largest absolute Gasteiger partial charge is 0.387 e. The van der Waals surface area contributed by atoms with Crippen LogP contribution in [0.15, 0.2) is 6.33 Å². The van der Waals surface area contributed by atoms with Crippen molar-refractivity contribution < 1.29 is 48.1 Å². The number of imidazole rings is 1. The zero-order chi connectivity index (χ0) is 31.1. The van der Waals surface area contributed by atoms with Gasteiger partial charge >= 0.3 is 15.2 Å². The molecule has 16 nitrogen and oxygen atoms in total. The molecule has 2 aromatic rings. The van der Waals surface area contributed by atoms with Crippen LogP contribution in [0.2, 0.25) is 5.28 Å². The molecule has 0 spiro atoms. The molecule has 0 aromatic carbocycles. The van der Waals surface area contributed by atoms with Crippen molar-refractivity contribution in [3.63, 3.8) is 0 Å².